The van der Waals surface area contributed by atoms with Crippen molar-refractivity contribution in [2.24, 2.45) is 0 Å². The first-order valence-corrected chi connectivity index (χ1v) is 8.36. The average molecular weight is 318 g/mol. The van der Waals surface area contributed by atoms with Crippen molar-refractivity contribution >= 4 is 20.9 Å². The quantitative estimate of drug-likeness (QED) is 0.941. The van der Waals surface area contributed by atoms with Crippen molar-refractivity contribution in [3.8, 4) is 11.1 Å². The van der Waals surface area contributed by atoms with Gasteiger partial charge >= 0.3 is 15.3 Å². The molecule has 2 aromatic rings. The topological polar surface area (TPSA) is 66.5 Å². The number of nitrogens with one attached hydrogen (secondary N) is 1. The molecule has 1 N–H and O–H groups in total. The summed E-state index contributed by atoms with van der Waals surface area (Å²) in [5.74, 6) is 0. The number of carbonyl (C=O) groups is 1. The Bertz CT molecular complexity index is 758. The van der Waals surface area contributed by atoms with Crippen LogP contribution in [-0.4, -0.2) is 32.1 Å². The third kappa shape index (κ3) is 3.46. The van der Waals surface area contributed by atoms with E-state index in [4.69, 9.17) is 0 Å². The first kappa shape index (κ1) is 16.0. The number of anilines is 1. The molecule has 0 fully saturated rings. The maximum absolute atomic E-state index is 12.2. The molecule has 2 rings (SSSR count). The second-order valence-electron chi connectivity index (χ2n) is 4.80. The van der Waals surface area contributed by atoms with Crippen LogP contribution in [0.15, 0.2) is 54.6 Å². The Labute approximate surface area is 130 Å². The average Bonchev–Trinajstić information content (AvgIpc) is 2.54. The van der Waals surface area contributed by atoms with Crippen LogP contribution in [0.4, 0.5) is 10.5 Å². The molecule has 6 heteroatoms. The molecule has 22 heavy (non-hydrogen) atoms. The molecule has 0 atom stereocenters. The molecule has 0 spiro atoms. The largest absolute Gasteiger partial charge is 0.359 e. The van der Waals surface area contributed by atoms with Crippen LogP contribution in [0.2, 0.25) is 0 Å². The molecule has 116 valence electrons. The number of sulfonamides is 1. The highest BCUT2D eigenvalue weighted by molar-refractivity contribution is 8.07. The van der Waals surface area contributed by atoms with Crippen LogP contribution < -0.4 is 4.72 Å². The van der Waals surface area contributed by atoms with Gasteiger partial charge in [0.25, 0.3) is 0 Å². The van der Waals surface area contributed by atoms with Crippen molar-refractivity contribution in [3.63, 3.8) is 0 Å². The zero-order valence-electron chi connectivity index (χ0n) is 12.5. The minimum atomic E-state index is -4.12. The fourth-order valence-electron chi connectivity index (χ4n) is 1.96. The van der Waals surface area contributed by atoms with Crippen LogP contribution in [0.25, 0.3) is 11.1 Å². The number of hydrogen-bond acceptors (Lipinski definition) is 3. The summed E-state index contributed by atoms with van der Waals surface area (Å²) in [6.45, 7) is 2.03. The summed E-state index contributed by atoms with van der Waals surface area (Å²) >= 11 is 0. The van der Waals surface area contributed by atoms with E-state index in [9.17, 15) is 13.2 Å². The summed E-state index contributed by atoms with van der Waals surface area (Å²) in [5, 5.41) is -0.946. The Morgan fingerprint density at radius 1 is 1.05 bits per heavy atom. The van der Waals surface area contributed by atoms with Crippen LogP contribution in [0, 0.1) is 0 Å². The number of amides is 1. The van der Waals surface area contributed by atoms with Crippen molar-refractivity contribution < 1.29 is 13.2 Å². The van der Waals surface area contributed by atoms with Crippen molar-refractivity contribution in [1.29, 1.82) is 0 Å². The van der Waals surface area contributed by atoms with E-state index in [1.54, 1.807) is 25.1 Å². The van der Waals surface area contributed by atoms with Crippen molar-refractivity contribution in [2.45, 2.75) is 6.92 Å². The van der Waals surface area contributed by atoms with Gasteiger partial charge in [0, 0.05) is 19.2 Å². The number of hydrogen-bond donors (Lipinski definition) is 1. The molecule has 0 aliphatic rings. The molecular weight excluding hydrogens is 300 g/mol. The summed E-state index contributed by atoms with van der Waals surface area (Å²) in [6, 6.07) is 16.4. The smallest absolute Gasteiger partial charge is 0.331 e. The minimum Gasteiger partial charge on any atom is -0.331 e. The van der Waals surface area contributed by atoms with E-state index in [1.807, 2.05) is 36.4 Å². The highest BCUT2D eigenvalue weighted by Crippen LogP contribution is 2.28. The number of rotatable bonds is 4. The van der Waals surface area contributed by atoms with Crippen molar-refractivity contribution in [3.05, 3.63) is 54.6 Å². The summed E-state index contributed by atoms with van der Waals surface area (Å²) in [4.78, 5) is 13.1. The Kier molecular flexibility index (Phi) is 4.82. The summed E-state index contributed by atoms with van der Waals surface area (Å²) in [5.41, 5.74) is 1.97. The van der Waals surface area contributed by atoms with E-state index in [1.165, 1.54) is 7.05 Å². The first-order chi connectivity index (χ1) is 10.5. The van der Waals surface area contributed by atoms with Gasteiger partial charge in [-0.1, -0.05) is 48.5 Å². The maximum atomic E-state index is 12.2. The third-order valence-electron chi connectivity index (χ3n) is 3.27. The number of benzene rings is 2. The Balaban J connectivity index is 2.37. The predicted octanol–water partition coefficient (Wildman–Crippen LogP) is 3.17. The lowest BCUT2D eigenvalue weighted by Gasteiger charge is -2.17. The van der Waals surface area contributed by atoms with Gasteiger partial charge in [0.2, 0.25) is 0 Å². The SMILES string of the molecule is CCN(C)C(=O)S(=O)(=O)Nc1ccccc1-c1ccccc1. The molecule has 0 saturated heterocycles. The summed E-state index contributed by atoms with van der Waals surface area (Å²) < 4.78 is 26.7. The lowest BCUT2D eigenvalue weighted by molar-refractivity contribution is 0.233. The van der Waals surface area contributed by atoms with E-state index in [0.29, 0.717) is 12.2 Å². The minimum absolute atomic E-state index is 0.320. The summed E-state index contributed by atoms with van der Waals surface area (Å²) in [6.07, 6.45) is 0. The van der Waals surface area contributed by atoms with E-state index in [0.717, 1.165) is 16.0 Å². The van der Waals surface area contributed by atoms with Gasteiger partial charge in [-0.25, -0.2) is 0 Å². The molecule has 5 nitrogen and oxygen atoms in total. The fraction of sp³-hybridized carbons (Fsp3) is 0.188. The molecule has 0 aliphatic carbocycles. The Morgan fingerprint density at radius 2 is 1.64 bits per heavy atom. The van der Waals surface area contributed by atoms with Gasteiger partial charge in [0.15, 0.2) is 0 Å². The molecular formula is C16H18N2O3S. The monoisotopic (exact) mass is 318 g/mol. The molecule has 0 radical (unpaired) electrons. The van der Waals surface area contributed by atoms with Gasteiger partial charge in [0.05, 0.1) is 5.69 Å². The molecule has 0 unspecified atom stereocenters. The van der Waals surface area contributed by atoms with Crippen LogP contribution >= 0.6 is 0 Å². The maximum Gasteiger partial charge on any atom is 0.359 e. The fourth-order valence-corrected chi connectivity index (χ4v) is 3.06. The Hall–Kier alpha value is -2.34. The predicted molar refractivity (Wildman–Crippen MR) is 88.1 cm³/mol. The number of carbonyl (C=O) groups excluding carboxylic acids is 1. The van der Waals surface area contributed by atoms with Gasteiger partial charge in [-0.2, -0.15) is 8.42 Å². The van der Waals surface area contributed by atoms with E-state index < -0.39 is 15.3 Å². The Morgan fingerprint density at radius 3 is 2.27 bits per heavy atom. The third-order valence-corrected chi connectivity index (χ3v) is 4.53. The standard InChI is InChI=1S/C16H18N2O3S/c1-3-18(2)16(19)22(20,21)17-15-12-8-7-11-14(15)13-9-5-4-6-10-13/h4-12,17H,3H2,1-2H3. The molecule has 0 aliphatic heterocycles. The number of nitrogens with zero attached hydrogens (tertiary/aromatic N) is 1. The van der Waals surface area contributed by atoms with Crippen LogP contribution in [0.5, 0.6) is 0 Å². The molecule has 2 aromatic carbocycles. The van der Waals surface area contributed by atoms with Gasteiger partial charge in [-0.15, -0.1) is 0 Å². The van der Waals surface area contributed by atoms with E-state index in [-0.39, 0.29) is 0 Å². The first-order valence-electron chi connectivity index (χ1n) is 6.88. The lowest BCUT2D eigenvalue weighted by Crippen LogP contribution is -2.35. The van der Waals surface area contributed by atoms with Crippen molar-refractivity contribution in [1.82, 2.24) is 4.90 Å². The lowest BCUT2D eigenvalue weighted by atomic mass is 10.0. The van der Waals surface area contributed by atoms with Gasteiger partial charge in [0.1, 0.15) is 0 Å². The molecule has 0 bridgehead atoms. The zero-order chi connectivity index (χ0) is 16.2. The second-order valence-corrected chi connectivity index (χ2v) is 6.36. The second kappa shape index (κ2) is 6.62. The van der Waals surface area contributed by atoms with Crippen LogP contribution in [0.3, 0.4) is 0 Å². The van der Waals surface area contributed by atoms with Crippen LogP contribution in [-0.2, 0) is 10.0 Å². The highest BCUT2D eigenvalue weighted by atomic mass is 32.2. The van der Waals surface area contributed by atoms with Gasteiger partial charge in [-0.3, -0.25) is 9.52 Å². The van der Waals surface area contributed by atoms with Gasteiger partial charge < -0.3 is 4.90 Å². The molecule has 1 amide bonds. The molecule has 0 saturated carbocycles. The van der Waals surface area contributed by atoms with E-state index >= 15 is 0 Å². The summed E-state index contributed by atoms with van der Waals surface area (Å²) in [7, 11) is -2.67. The van der Waals surface area contributed by atoms with Gasteiger partial charge in [-0.05, 0) is 18.6 Å². The van der Waals surface area contributed by atoms with Crippen LogP contribution in [0.1, 0.15) is 6.92 Å². The molecule has 0 aromatic heterocycles. The number of para-hydroxylation sites is 1. The van der Waals surface area contributed by atoms with E-state index in [2.05, 4.69) is 4.72 Å². The molecule has 0 heterocycles. The normalized spacial score (nSPS) is 11.0. The zero-order valence-corrected chi connectivity index (χ0v) is 13.3. The highest BCUT2D eigenvalue weighted by Gasteiger charge is 2.26. The van der Waals surface area contributed by atoms with Crippen molar-refractivity contribution in [2.75, 3.05) is 18.3 Å².